The van der Waals surface area contributed by atoms with Gasteiger partial charge >= 0.3 is 0 Å². The average molecular weight is 783 g/mol. The lowest BCUT2D eigenvalue weighted by atomic mass is 10.0. The van der Waals surface area contributed by atoms with Crippen molar-refractivity contribution < 1.29 is 37.0 Å². The number of sulfonamides is 1. The minimum Gasteiger partial charge on any atom is -0.497 e. The van der Waals surface area contributed by atoms with Crippen LogP contribution in [0.15, 0.2) is 100 Å². The summed E-state index contributed by atoms with van der Waals surface area (Å²) in [4.78, 5) is 30.2. The molecular formula is C38H44BrN3O8S. The normalized spacial score (nSPS) is 12.3. The SMILES string of the molecule is CCC(C)NC(=O)C(Cc1ccccc1)N(Cc1ccc(Br)cc1)C(=O)CN(c1cc(OC)ccc1OC)S(=O)(=O)c1ccc(OC)c(OC)c1. The van der Waals surface area contributed by atoms with Crippen LogP contribution in [0.5, 0.6) is 23.0 Å². The van der Waals surface area contributed by atoms with Gasteiger partial charge in [0.2, 0.25) is 11.8 Å². The van der Waals surface area contributed by atoms with E-state index in [1.807, 2.05) is 68.4 Å². The molecule has 0 aliphatic rings. The second-order valence-corrected chi connectivity index (χ2v) is 14.5. The number of ether oxygens (including phenoxy) is 4. The van der Waals surface area contributed by atoms with E-state index in [9.17, 15) is 18.0 Å². The van der Waals surface area contributed by atoms with Crippen molar-refractivity contribution in [3.8, 4) is 23.0 Å². The fraction of sp³-hybridized carbons (Fsp3) is 0.316. The Kier molecular flexibility index (Phi) is 13.7. The minimum atomic E-state index is -4.50. The first kappa shape index (κ1) is 39.0. The second-order valence-electron chi connectivity index (χ2n) is 11.7. The molecule has 2 amide bonds. The van der Waals surface area contributed by atoms with E-state index in [-0.39, 0.29) is 47.0 Å². The van der Waals surface area contributed by atoms with Gasteiger partial charge in [0.25, 0.3) is 10.0 Å². The number of anilines is 1. The molecule has 4 aromatic carbocycles. The van der Waals surface area contributed by atoms with Crippen molar-refractivity contribution in [1.29, 1.82) is 0 Å². The van der Waals surface area contributed by atoms with Gasteiger partial charge in [-0.25, -0.2) is 8.42 Å². The first-order valence-corrected chi connectivity index (χ1v) is 18.5. The molecule has 4 aromatic rings. The topological polar surface area (TPSA) is 124 Å². The molecule has 0 aromatic heterocycles. The largest absolute Gasteiger partial charge is 0.497 e. The van der Waals surface area contributed by atoms with Gasteiger partial charge in [-0.2, -0.15) is 0 Å². The molecule has 272 valence electrons. The third-order valence-corrected chi connectivity index (χ3v) is 10.7. The van der Waals surface area contributed by atoms with Crippen LogP contribution in [0.3, 0.4) is 0 Å². The zero-order chi connectivity index (χ0) is 37.1. The van der Waals surface area contributed by atoms with Crippen molar-refractivity contribution in [3.63, 3.8) is 0 Å². The number of amides is 2. The molecule has 0 saturated heterocycles. The highest BCUT2D eigenvalue weighted by molar-refractivity contribution is 9.10. The van der Waals surface area contributed by atoms with Gasteiger partial charge < -0.3 is 29.2 Å². The Morgan fingerprint density at radius 3 is 2.04 bits per heavy atom. The highest BCUT2D eigenvalue weighted by Gasteiger charge is 2.36. The number of nitrogens with one attached hydrogen (secondary N) is 1. The summed E-state index contributed by atoms with van der Waals surface area (Å²) >= 11 is 3.46. The van der Waals surface area contributed by atoms with Crippen LogP contribution in [0, 0.1) is 0 Å². The Balaban J connectivity index is 1.90. The van der Waals surface area contributed by atoms with Gasteiger partial charge in [-0.1, -0.05) is 65.3 Å². The molecule has 0 saturated carbocycles. The summed E-state index contributed by atoms with van der Waals surface area (Å²) in [5, 5.41) is 3.04. The zero-order valence-corrected chi connectivity index (χ0v) is 32.0. The third-order valence-electron chi connectivity index (χ3n) is 8.41. The Morgan fingerprint density at radius 2 is 1.43 bits per heavy atom. The van der Waals surface area contributed by atoms with Crippen molar-refractivity contribution >= 4 is 43.5 Å². The molecule has 0 heterocycles. The number of rotatable bonds is 17. The van der Waals surface area contributed by atoms with E-state index in [0.29, 0.717) is 17.9 Å². The molecule has 0 spiro atoms. The Hall–Kier alpha value is -4.75. The number of benzene rings is 4. The molecule has 51 heavy (non-hydrogen) atoms. The van der Waals surface area contributed by atoms with Crippen molar-refractivity contribution in [3.05, 3.63) is 107 Å². The molecule has 1 N–H and O–H groups in total. The summed E-state index contributed by atoms with van der Waals surface area (Å²) in [6.07, 6.45) is 0.869. The van der Waals surface area contributed by atoms with Gasteiger partial charge in [-0.15, -0.1) is 0 Å². The van der Waals surface area contributed by atoms with Crippen LogP contribution in [0.2, 0.25) is 0 Å². The zero-order valence-electron chi connectivity index (χ0n) is 29.6. The number of halogens is 1. The number of methoxy groups -OCH3 is 4. The van der Waals surface area contributed by atoms with E-state index in [0.717, 1.165) is 19.9 Å². The standard InChI is InChI=1S/C38H44BrN3O8S/c1-7-26(2)40-38(44)33(21-27-11-9-8-10-12-27)41(24-28-13-15-29(39)16-14-28)37(43)25-42(32-22-30(47-3)17-19-34(32)48-4)51(45,46)31-18-20-35(49-5)36(23-31)50-6/h8-20,22-23,26,33H,7,21,24-25H2,1-6H3,(H,40,44). The molecule has 4 rings (SSSR count). The maximum Gasteiger partial charge on any atom is 0.265 e. The summed E-state index contributed by atoms with van der Waals surface area (Å²) < 4.78 is 53.0. The monoisotopic (exact) mass is 781 g/mol. The van der Waals surface area contributed by atoms with Crippen LogP contribution in [0.25, 0.3) is 0 Å². The lowest BCUT2D eigenvalue weighted by molar-refractivity contribution is -0.140. The Bertz CT molecular complexity index is 1890. The van der Waals surface area contributed by atoms with E-state index in [2.05, 4.69) is 21.2 Å². The highest BCUT2D eigenvalue weighted by atomic mass is 79.9. The van der Waals surface area contributed by atoms with Crippen LogP contribution >= 0.6 is 15.9 Å². The highest BCUT2D eigenvalue weighted by Crippen LogP contribution is 2.38. The van der Waals surface area contributed by atoms with E-state index < -0.39 is 28.5 Å². The van der Waals surface area contributed by atoms with Gasteiger partial charge in [0.05, 0.1) is 39.0 Å². The maximum absolute atomic E-state index is 14.9. The fourth-order valence-electron chi connectivity index (χ4n) is 5.39. The molecule has 0 fully saturated rings. The van der Waals surface area contributed by atoms with Crippen molar-refractivity contribution in [2.45, 2.75) is 50.2 Å². The Morgan fingerprint density at radius 1 is 0.784 bits per heavy atom. The van der Waals surface area contributed by atoms with Gasteiger partial charge in [0, 0.05) is 35.6 Å². The molecule has 2 unspecified atom stereocenters. The maximum atomic E-state index is 14.9. The van der Waals surface area contributed by atoms with Crippen molar-refractivity contribution in [2.75, 3.05) is 39.3 Å². The van der Waals surface area contributed by atoms with E-state index in [1.165, 1.54) is 57.6 Å². The number of nitrogens with zero attached hydrogens (tertiary/aromatic N) is 2. The molecule has 0 aliphatic heterocycles. The van der Waals surface area contributed by atoms with E-state index in [4.69, 9.17) is 18.9 Å². The quantitative estimate of drug-likeness (QED) is 0.134. The number of carbonyl (C=O) groups excluding carboxylic acids is 2. The smallest absolute Gasteiger partial charge is 0.265 e. The molecule has 0 radical (unpaired) electrons. The van der Waals surface area contributed by atoms with Crippen LogP contribution in [0.1, 0.15) is 31.4 Å². The van der Waals surface area contributed by atoms with Crippen LogP contribution in [-0.2, 0) is 32.6 Å². The van der Waals surface area contributed by atoms with Gasteiger partial charge in [0.15, 0.2) is 11.5 Å². The first-order chi connectivity index (χ1) is 24.4. The second kappa shape index (κ2) is 18.0. The van der Waals surface area contributed by atoms with Crippen molar-refractivity contribution in [2.24, 2.45) is 0 Å². The summed E-state index contributed by atoms with van der Waals surface area (Å²) in [5.41, 5.74) is 1.64. The lowest BCUT2D eigenvalue weighted by Crippen LogP contribution is -2.54. The summed E-state index contributed by atoms with van der Waals surface area (Å²) in [6.45, 7) is 3.20. The van der Waals surface area contributed by atoms with E-state index >= 15 is 0 Å². The van der Waals surface area contributed by atoms with Crippen molar-refractivity contribution in [1.82, 2.24) is 10.2 Å². The third kappa shape index (κ3) is 9.73. The van der Waals surface area contributed by atoms with E-state index in [1.54, 1.807) is 12.1 Å². The predicted molar refractivity (Wildman–Crippen MR) is 200 cm³/mol. The average Bonchev–Trinajstić information content (AvgIpc) is 3.15. The molecule has 13 heteroatoms. The minimum absolute atomic E-state index is 0.0248. The van der Waals surface area contributed by atoms with Crippen LogP contribution < -0.4 is 28.6 Å². The molecule has 0 aliphatic carbocycles. The summed E-state index contributed by atoms with van der Waals surface area (Å²) in [5.74, 6) is 0.0626. The summed E-state index contributed by atoms with van der Waals surface area (Å²) in [7, 11) is 1.21. The van der Waals surface area contributed by atoms with Crippen LogP contribution in [-0.4, -0.2) is 72.2 Å². The lowest BCUT2D eigenvalue weighted by Gasteiger charge is -2.34. The van der Waals surface area contributed by atoms with Gasteiger partial charge in [-0.3, -0.25) is 13.9 Å². The summed E-state index contributed by atoms with van der Waals surface area (Å²) in [6, 6.07) is 24.5. The molecule has 2 atom stereocenters. The molecule has 11 nitrogen and oxygen atoms in total. The van der Waals surface area contributed by atoms with Gasteiger partial charge in [-0.05, 0) is 60.9 Å². The molecule has 0 bridgehead atoms. The number of hydrogen-bond donors (Lipinski definition) is 1. The fourth-order valence-corrected chi connectivity index (χ4v) is 7.09. The number of carbonyl (C=O) groups is 2. The molecular weight excluding hydrogens is 738 g/mol. The predicted octanol–water partition coefficient (Wildman–Crippen LogP) is 6.23. The Labute approximate surface area is 308 Å². The van der Waals surface area contributed by atoms with Crippen LogP contribution in [0.4, 0.5) is 5.69 Å². The first-order valence-electron chi connectivity index (χ1n) is 16.3. The van der Waals surface area contributed by atoms with Gasteiger partial charge in [0.1, 0.15) is 24.1 Å². The number of hydrogen-bond acceptors (Lipinski definition) is 8.